The Morgan fingerprint density at radius 2 is 1.53 bits per heavy atom. The number of hydrogen-bond donors (Lipinski definition) is 1. The smallest absolute Gasteiger partial charge is 0.406 e. The minimum Gasteiger partial charge on any atom is -0.406 e. The van der Waals surface area contributed by atoms with Crippen LogP contribution in [-0.4, -0.2) is 66.2 Å². The average Bonchev–Trinajstić information content (AvgIpc) is 3.15. The number of aryl methyl sites for hydroxylation is 1. The van der Waals surface area contributed by atoms with Crippen molar-refractivity contribution < 1.29 is 31.1 Å². The second kappa shape index (κ2) is 10.7. The number of benzene rings is 2. The van der Waals surface area contributed by atoms with Crippen LogP contribution in [0.25, 0.3) is 22.0 Å². The van der Waals surface area contributed by atoms with E-state index in [4.69, 9.17) is 5.73 Å². The molecule has 0 amide bonds. The van der Waals surface area contributed by atoms with Crippen molar-refractivity contribution in [2.45, 2.75) is 32.0 Å². The molecule has 0 aliphatic carbocycles. The predicted octanol–water partition coefficient (Wildman–Crippen LogP) is 5.24. The monoisotopic (exact) mass is 514 g/mol. The summed E-state index contributed by atoms with van der Waals surface area (Å²) in [7, 11) is 0. The number of fused-ring (bicyclic) bond motifs is 1. The van der Waals surface area contributed by atoms with Crippen LogP contribution < -0.4 is 10.5 Å². The van der Waals surface area contributed by atoms with Gasteiger partial charge in [0.2, 0.25) is 0 Å². The average molecular weight is 515 g/mol. The van der Waals surface area contributed by atoms with Gasteiger partial charge in [0.25, 0.3) is 0 Å². The van der Waals surface area contributed by atoms with Crippen molar-refractivity contribution in [2.24, 2.45) is 5.73 Å². The van der Waals surface area contributed by atoms with Crippen LogP contribution in [0, 0.1) is 0 Å². The molecule has 0 spiro atoms. The molecule has 0 radical (unpaired) electrons. The fourth-order valence-corrected chi connectivity index (χ4v) is 4.57. The number of nitrogens with zero attached hydrogens (tertiary/aromatic N) is 3. The third kappa shape index (κ3) is 6.92. The molecule has 0 saturated carbocycles. The summed E-state index contributed by atoms with van der Waals surface area (Å²) in [6, 6.07) is 11.8. The van der Waals surface area contributed by atoms with Crippen molar-refractivity contribution in [3.05, 3.63) is 54.2 Å². The standard InChI is InChI=1S/C25H28F6N4O/c26-24(27,28)17-34-12-10-33(11-13-34)15-18-2-7-23-21(14-18)22(16-35(23)9-1-8-32)19-3-5-20(6-4-19)36-25(29,30)31/h2-7,14,16H,1,8-13,15,17,32H2. The lowest BCUT2D eigenvalue weighted by Gasteiger charge is -2.35. The van der Waals surface area contributed by atoms with Crippen molar-refractivity contribution in [1.29, 1.82) is 0 Å². The Balaban J connectivity index is 1.55. The first kappa shape index (κ1) is 26.3. The van der Waals surface area contributed by atoms with E-state index < -0.39 is 19.1 Å². The molecule has 1 aliphatic rings. The van der Waals surface area contributed by atoms with Crippen LogP contribution in [0.2, 0.25) is 0 Å². The number of hydrogen-bond acceptors (Lipinski definition) is 4. The first-order valence-corrected chi connectivity index (χ1v) is 11.7. The zero-order valence-electron chi connectivity index (χ0n) is 19.6. The van der Waals surface area contributed by atoms with Gasteiger partial charge in [0, 0.05) is 61.9 Å². The Bertz CT molecular complexity index is 1150. The predicted molar refractivity (Wildman–Crippen MR) is 126 cm³/mol. The molecule has 3 aromatic rings. The third-order valence-electron chi connectivity index (χ3n) is 6.22. The largest absolute Gasteiger partial charge is 0.573 e. The molecule has 1 aromatic heterocycles. The molecule has 36 heavy (non-hydrogen) atoms. The third-order valence-corrected chi connectivity index (χ3v) is 6.22. The van der Waals surface area contributed by atoms with Crippen molar-refractivity contribution in [3.63, 3.8) is 0 Å². The molecule has 2 N–H and O–H groups in total. The quantitative estimate of drug-likeness (QED) is 0.418. The Hall–Kier alpha value is -2.76. The van der Waals surface area contributed by atoms with Crippen LogP contribution in [0.3, 0.4) is 0 Å². The van der Waals surface area contributed by atoms with Crippen LogP contribution in [0.5, 0.6) is 5.75 Å². The fraction of sp³-hybridized carbons (Fsp3) is 0.440. The molecule has 1 saturated heterocycles. The maximum Gasteiger partial charge on any atom is 0.573 e. The van der Waals surface area contributed by atoms with Crippen LogP contribution in [-0.2, 0) is 13.1 Å². The Kier molecular flexibility index (Phi) is 7.82. The molecule has 0 bridgehead atoms. The number of aromatic nitrogens is 1. The molecular weight excluding hydrogens is 486 g/mol. The summed E-state index contributed by atoms with van der Waals surface area (Å²) < 4.78 is 81.7. The first-order chi connectivity index (χ1) is 17.0. The number of halogens is 6. The molecule has 4 rings (SSSR count). The molecule has 0 atom stereocenters. The van der Waals surface area contributed by atoms with Crippen LogP contribution >= 0.6 is 0 Å². The van der Waals surface area contributed by atoms with Gasteiger partial charge in [-0.1, -0.05) is 18.2 Å². The summed E-state index contributed by atoms with van der Waals surface area (Å²) in [5.74, 6) is -0.288. The van der Waals surface area contributed by atoms with E-state index in [2.05, 4.69) is 14.2 Å². The van der Waals surface area contributed by atoms with Gasteiger partial charge in [0.15, 0.2) is 0 Å². The summed E-state index contributed by atoms with van der Waals surface area (Å²) >= 11 is 0. The number of rotatable bonds is 8. The lowest BCUT2D eigenvalue weighted by atomic mass is 10.0. The second-order valence-electron chi connectivity index (χ2n) is 8.97. The van der Waals surface area contributed by atoms with E-state index in [9.17, 15) is 26.3 Å². The Morgan fingerprint density at radius 1 is 0.861 bits per heavy atom. The minimum absolute atomic E-state index is 0.288. The molecular formula is C25H28F6N4O. The maximum atomic E-state index is 12.7. The summed E-state index contributed by atoms with van der Waals surface area (Å²) in [5, 5.41) is 0.949. The lowest BCUT2D eigenvalue weighted by Crippen LogP contribution is -2.48. The molecule has 2 aromatic carbocycles. The van der Waals surface area contributed by atoms with Gasteiger partial charge in [-0.2, -0.15) is 13.2 Å². The SMILES string of the molecule is NCCCn1cc(-c2ccc(OC(F)(F)F)cc2)c2cc(CN3CCN(CC(F)(F)F)CC3)ccc21. The van der Waals surface area contributed by atoms with Crippen molar-refractivity contribution in [3.8, 4) is 16.9 Å². The van der Waals surface area contributed by atoms with E-state index >= 15 is 0 Å². The van der Waals surface area contributed by atoms with E-state index in [1.54, 1.807) is 12.1 Å². The normalized spacial score (nSPS) is 16.1. The Labute approximate surface area is 205 Å². The van der Waals surface area contributed by atoms with Gasteiger partial charge in [-0.05, 0) is 48.4 Å². The molecule has 0 unspecified atom stereocenters. The van der Waals surface area contributed by atoms with Crippen molar-refractivity contribution >= 4 is 10.9 Å². The van der Waals surface area contributed by atoms with Crippen LogP contribution in [0.15, 0.2) is 48.7 Å². The van der Waals surface area contributed by atoms with Gasteiger partial charge >= 0.3 is 12.5 Å². The number of piperazine rings is 1. The van der Waals surface area contributed by atoms with E-state index in [0.29, 0.717) is 45.8 Å². The van der Waals surface area contributed by atoms with E-state index in [1.165, 1.54) is 17.0 Å². The fourth-order valence-electron chi connectivity index (χ4n) is 4.57. The van der Waals surface area contributed by atoms with Crippen molar-refractivity contribution in [1.82, 2.24) is 14.4 Å². The zero-order chi connectivity index (χ0) is 25.9. The first-order valence-electron chi connectivity index (χ1n) is 11.7. The van der Waals surface area contributed by atoms with E-state index in [-0.39, 0.29) is 5.75 Å². The highest BCUT2D eigenvalue weighted by Crippen LogP contribution is 2.34. The van der Waals surface area contributed by atoms with Gasteiger partial charge in [0.1, 0.15) is 5.75 Å². The molecule has 11 heteroatoms. The lowest BCUT2D eigenvalue weighted by molar-refractivity contribution is -0.274. The van der Waals surface area contributed by atoms with Crippen molar-refractivity contribution in [2.75, 3.05) is 39.3 Å². The van der Waals surface area contributed by atoms with Gasteiger partial charge in [-0.15, -0.1) is 13.2 Å². The second-order valence-corrected chi connectivity index (χ2v) is 8.97. The zero-order valence-corrected chi connectivity index (χ0v) is 19.6. The summed E-state index contributed by atoms with van der Waals surface area (Å²) in [4.78, 5) is 3.55. The van der Waals surface area contributed by atoms with Crippen LogP contribution in [0.4, 0.5) is 26.3 Å². The highest BCUT2D eigenvalue weighted by molar-refractivity contribution is 5.96. The highest BCUT2D eigenvalue weighted by Gasteiger charge is 2.32. The van der Waals surface area contributed by atoms with E-state index in [0.717, 1.165) is 34.0 Å². The highest BCUT2D eigenvalue weighted by atomic mass is 19.4. The topological polar surface area (TPSA) is 46.7 Å². The summed E-state index contributed by atoms with van der Waals surface area (Å²) in [5.41, 5.74) is 9.30. The molecule has 1 fully saturated rings. The number of nitrogens with two attached hydrogens (primary N) is 1. The molecule has 1 aliphatic heterocycles. The van der Waals surface area contributed by atoms with Gasteiger partial charge < -0.3 is 15.0 Å². The summed E-state index contributed by atoms with van der Waals surface area (Å²) in [6.07, 6.45) is -6.21. The molecule has 5 nitrogen and oxygen atoms in total. The van der Waals surface area contributed by atoms with E-state index in [1.807, 2.05) is 24.4 Å². The maximum absolute atomic E-state index is 12.7. The van der Waals surface area contributed by atoms with Gasteiger partial charge in [0.05, 0.1) is 6.54 Å². The minimum atomic E-state index is -4.76. The number of ether oxygens (including phenoxy) is 1. The number of alkyl halides is 6. The summed E-state index contributed by atoms with van der Waals surface area (Å²) in [6.45, 7) is 2.72. The Morgan fingerprint density at radius 3 is 2.14 bits per heavy atom. The molecule has 2 heterocycles. The molecule has 196 valence electrons. The van der Waals surface area contributed by atoms with Crippen LogP contribution in [0.1, 0.15) is 12.0 Å². The van der Waals surface area contributed by atoms with Gasteiger partial charge in [-0.3, -0.25) is 9.80 Å². The van der Waals surface area contributed by atoms with Gasteiger partial charge in [-0.25, -0.2) is 0 Å².